The second-order valence-corrected chi connectivity index (χ2v) is 12.7. The van der Waals surface area contributed by atoms with Crippen LogP contribution in [-0.4, -0.2) is 23.5 Å². The van der Waals surface area contributed by atoms with E-state index in [9.17, 15) is 0 Å². The van der Waals surface area contributed by atoms with Crippen LogP contribution in [0.2, 0.25) is 0 Å². The molecule has 228 valence electrons. The zero-order chi connectivity index (χ0) is 32.1. The number of imidazole rings is 1. The predicted octanol–water partition coefficient (Wildman–Crippen LogP) is 10.9. The van der Waals surface area contributed by atoms with Crippen LogP contribution < -0.4 is 0 Å². The van der Waals surface area contributed by atoms with Gasteiger partial charge in [0.05, 0.1) is 38.6 Å². The predicted molar refractivity (Wildman–Crippen MR) is 202 cm³/mol. The van der Waals surface area contributed by atoms with E-state index in [1.807, 2.05) is 12.1 Å². The lowest BCUT2D eigenvalue weighted by Gasteiger charge is -2.12. The van der Waals surface area contributed by atoms with Gasteiger partial charge >= 0.3 is 0 Å². The lowest BCUT2D eigenvalue weighted by Crippen LogP contribution is -2.06. The lowest BCUT2D eigenvalue weighted by molar-refractivity contribution is 0.979. The van der Waals surface area contributed by atoms with Gasteiger partial charge in [-0.05, 0) is 83.9 Å². The first-order valence-electron chi connectivity index (χ1n) is 16.6. The molecule has 0 N–H and O–H groups in total. The Morgan fingerprint density at radius 3 is 1.55 bits per heavy atom. The molecule has 0 bridgehead atoms. The topological polar surface area (TPSA) is 40.0 Å². The van der Waals surface area contributed by atoms with E-state index in [1.54, 1.807) is 0 Å². The highest BCUT2D eigenvalue weighted by atomic mass is 15.2. The molecule has 0 fully saturated rings. The van der Waals surface area contributed by atoms with Crippen molar-refractivity contribution in [1.82, 2.24) is 23.5 Å². The second-order valence-electron chi connectivity index (χ2n) is 12.7. The maximum atomic E-state index is 5.32. The molecular weight excluding hydrogens is 599 g/mol. The van der Waals surface area contributed by atoms with Gasteiger partial charge in [-0.3, -0.25) is 8.97 Å². The number of nitrogens with zero attached hydrogens (tertiary/aromatic N) is 5. The highest BCUT2D eigenvalue weighted by molar-refractivity contribution is 6.13. The normalized spacial score (nSPS) is 12.1. The molecule has 11 rings (SSSR count). The molecule has 0 spiro atoms. The Bertz CT molecular complexity index is 3110. The van der Waals surface area contributed by atoms with Gasteiger partial charge in [0.2, 0.25) is 5.95 Å². The summed E-state index contributed by atoms with van der Waals surface area (Å²) in [6.45, 7) is 0. The highest BCUT2D eigenvalue weighted by Crippen LogP contribution is 2.39. The summed E-state index contributed by atoms with van der Waals surface area (Å²) in [5.74, 6) is 0.830. The van der Waals surface area contributed by atoms with E-state index in [0.29, 0.717) is 0 Å². The Labute approximate surface area is 280 Å². The molecule has 0 amide bonds. The van der Waals surface area contributed by atoms with Crippen LogP contribution in [0, 0.1) is 0 Å². The van der Waals surface area contributed by atoms with E-state index in [-0.39, 0.29) is 0 Å². The van der Waals surface area contributed by atoms with Crippen molar-refractivity contribution >= 4 is 71.2 Å². The van der Waals surface area contributed by atoms with E-state index >= 15 is 0 Å². The summed E-state index contributed by atoms with van der Waals surface area (Å²) in [6.07, 6.45) is 0. The van der Waals surface area contributed by atoms with Gasteiger partial charge in [-0.15, -0.1) is 0 Å². The number of para-hydroxylation sites is 6. The third kappa shape index (κ3) is 3.70. The maximum Gasteiger partial charge on any atom is 0.221 e. The van der Waals surface area contributed by atoms with Gasteiger partial charge in [-0.1, -0.05) is 91.0 Å². The summed E-state index contributed by atoms with van der Waals surface area (Å²) in [6, 6.07) is 58.3. The molecule has 0 atom stereocenters. The molecule has 0 unspecified atom stereocenters. The number of aromatic nitrogens is 5. The van der Waals surface area contributed by atoms with E-state index in [4.69, 9.17) is 9.97 Å². The van der Waals surface area contributed by atoms with Crippen LogP contribution >= 0.6 is 0 Å². The van der Waals surface area contributed by atoms with Crippen LogP contribution in [0.25, 0.3) is 94.0 Å². The molecule has 49 heavy (non-hydrogen) atoms. The summed E-state index contributed by atoms with van der Waals surface area (Å²) in [5, 5.41) is 5.91. The average molecular weight is 626 g/mol. The molecule has 11 aromatic rings. The Morgan fingerprint density at radius 1 is 0.347 bits per heavy atom. The smallest absolute Gasteiger partial charge is 0.221 e. The first kappa shape index (κ1) is 26.4. The van der Waals surface area contributed by atoms with E-state index in [1.165, 1.54) is 43.7 Å². The van der Waals surface area contributed by atoms with Crippen molar-refractivity contribution < 1.29 is 0 Å². The van der Waals surface area contributed by atoms with Gasteiger partial charge < -0.3 is 4.57 Å². The molecule has 0 aliphatic carbocycles. The van der Waals surface area contributed by atoms with Gasteiger partial charge in [0.1, 0.15) is 5.65 Å². The fraction of sp³-hybridized carbons (Fsp3) is 0. The number of hydrogen-bond acceptors (Lipinski definition) is 2. The third-order valence-corrected chi connectivity index (χ3v) is 10.0. The molecule has 4 heterocycles. The van der Waals surface area contributed by atoms with Crippen molar-refractivity contribution in [2.75, 3.05) is 0 Å². The molecule has 5 heteroatoms. The summed E-state index contributed by atoms with van der Waals surface area (Å²) in [7, 11) is 0. The lowest BCUT2D eigenvalue weighted by atomic mass is 10.0. The van der Waals surface area contributed by atoms with Gasteiger partial charge in [0, 0.05) is 32.6 Å². The Kier molecular flexibility index (Phi) is 5.32. The number of fused-ring (bicyclic) bond motifs is 11. The Hall–Kier alpha value is -6.72. The van der Waals surface area contributed by atoms with Crippen LogP contribution in [0.5, 0.6) is 0 Å². The molecule has 0 saturated heterocycles. The monoisotopic (exact) mass is 625 g/mol. The first-order chi connectivity index (χ1) is 24.3. The molecular formula is C44H27N5. The molecule has 0 aliphatic heterocycles. The fourth-order valence-electron chi connectivity index (χ4n) is 7.85. The molecule has 0 saturated carbocycles. The molecule has 5 nitrogen and oxygen atoms in total. The number of benzene rings is 7. The molecule has 0 radical (unpaired) electrons. The van der Waals surface area contributed by atoms with E-state index in [0.717, 1.165) is 50.3 Å². The van der Waals surface area contributed by atoms with Gasteiger partial charge in [0.25, 0.3) is 0 Å². The standard InChI is InChI=1S/C44H27N5/c1-2-12-30(13-3-1)47-38-19-9-5-14-31(38)34-26-28(22-24-40(34)47)29-23-25-41-35(27-29)32-15-6-10-20-39(32)48(41)44-46-36-17-7-4-16-33(36)43-45-37-18-8-11-21-42(37)49(43)44/h1-27H. The van der Waals surface area contributed by atoms with E-state index < -0.39 is 0 Å². The van der Waals surface area contributed by atoms with Crippen LogP contribution in [0.3, 0.4) is 0 Å². The van der Waals surface area contributed by atoms with Crippen LogP contribution in [0.15, 0.2) is 164 Å². The quantitative estimate of drug-likeness (QED) is 0.196. The van der Waals surface area contributed by atoms with Crippen molar-refractivity contribution in [3.05, 3.63) is 164 Å². The van der Waals surface area contributed by atoms with Gasteiger partial charge in [-0.25, -0.2) is 9.97 Å². The maximum absolute atomic E-state index is 5.32. The molecule has 4 aromatic heterocycles. The van der Waals surface area contributed by atoms with Crippen molar-refractivity contribution in [3.8, 4) is 22.8 Å². The largest absolute Gasteiger partial charge is 0.309 e. The minimum atomic E-state index is 0.830. The summed E-state index contributed by atoms with van der Waals surface area (Å²) in [5.41, 5.74) is 12.0. The minimum absolute atomic E-state index is 0.830. The third-order valence-electron chi connectivity index (χ3n) is 10.0. The van der Waals surface area contributed by atoms with Crippen molar-refractivity contribution in [2.24, 2.45) is 0 Å². The number of rotatable bonds is 3. The zero-order valence-electron chi connectivity index (χ0n) is 26.3. The fourth-order valence-corrected chi connectivity index (χ4v) is 7.85. The SMILES string of the molecule is c1ccc(-n2c3ccccc3c3cc(-c4ccc5c(c4)c4ccccc4n5-c4nc5ccccc5c5nc6ccccc6n45)ccc32)cc1. The van der Waals surface area contributed by atoms with Crippen molar-refractivity contribution in [1.29, 1.82) is 0 Å². The summed E-state index contributed by atoms with van der Waals surface area (Å²) in [4.78, 5) is 10.4. The summed E-state index contributed by atoms with van der Waals surface area (Å²) < 4.78 is 6.88. The highest BCUT2D eigenvalue weighted by Gasteiger charge is 2.20. The van der Waals surface area contributed by atoms with Crippen LogP contribution in [0.1, 0.15) is 0 Å². The average Bonchev–Trinajstić information content (AvgIpc) is 3.83. The van der Waals surface area contributed by atoms with Crippen LogP contribution in [0.4, 0.5) is 0 Å². The molecule has 0 aliphatic rings. The summed E-state index contributed by atoms with van der Waals surface area (Å²) >= 11 is 0. The minimum Gasteiger partial charge on any atom is -0.309 e. The number of hydrogen-bond donors (Lipinski definition) is 0. The van der Waals surface area contributed by atoms with E-state index in [2.05, 4.69) is 165 Å². The Balaban J connectivity index is 1.17. The van der Waals surface area contributed by atoms with Crippen LogP contribution in [-0.2, 0) is 0 Å². The first-order valence-corrected chi connectivity index (χ1v) is 16.6. The van der Waals surface area contributed by atoms with Crippen molar-refractivity contribution in [2.45, 2.75) is 0 Å². The van der Waals surface area contributed by atoms with Gasteiger partial charge in [0.15, 0.2) is 0 Å². The van der Waals surface area contributed by atoms with Crippen molar-refractivity contribution in [3.63, 3.8) is 0 Å². The zero-order valence-corrected chi connectivity index (χ0v) is 26.3. The Morgan fingerprint density at radius 2 is 0.857 bits per heavy atom. The second kappa shape index (κ2) is 9.89. The van der Waals surface area contributed by atoms with Gasteiger partial charge in [-0.2, -0.15) is 0 Å². The molecule has 7 aromatic carbocycles.